The first-order chi connectivity index (χ1) is 9.86. The molecule has 0 saturated heterocycles. The molecule has 2 rings (SSSR count). The Bertz CT molecular complexity index is 364. The van der Waals surface area contributed by atoms with Crippen LogP contribution in [0.2, 0.25) is 0 Å². The molecule has 0 aliphatic heterocycles. The molecule has 2 atom stereocenters. The minimum absolute atomic E-state index is 0.0734. The lowest BCUT2D eigenvalue weighted by Gasteiger charge is -2.39. The molecule has 3 nitrogen and oxygen atoms in total. The van der Waals surface area contributed by atoms with E-state index in [0.29, 0.717) is 19.4 Å². The van der Waals surface area contributed by atoms with Gasteiger partial charge in [0, 0.05) is 12.5 Å². The van der Waals surface area contributed by atoms with Gasteiger partial charge in [0.05, 0.1) is 11.5 Å². The number of carbonyl (C=O) groups excluding carboxylic acids is 1. The first-order valence-electron chi connectivity index (χ1n) is 7.95. The van der Waals surface area contributed by atoms with E-state index in [1.165, 1.54) is 0 Å². The Morgan fingerprint density at radius 1 is 1.14 bits per heavy atom. The Morgan fingerprint density at radius 3 is 2.38 bits per heavy atom. The van der Waals surface area contributed by atoms with E-state index in [0.717, 1.165) is 32.1 Å². The largest absolute Gasteiger partial charge is 0.391 e. The fourth-order valence-electron chi connectivity index (χ4n) is 3.70. The maximum Gasteiger partial charge on any atom is 0.391 e. The Hall–Kier alpha value is -0.780. The summed E-state index contributed by atoms with van der Waals surface area (Å²) in [6, 6.07) is 0. The van der Waals surface area contributed by atoms with Crippen LogP contribution in [-0.4, -0.2) is 24.2 Å². The van der Waals surface area contributed by atoms with Crippen LogP contribution in [0.1, 0.15) is 57.8 Å². The lowest BCUT2D eigenvalue weighted by Crippen LogP contribution is -2.56. The fraction of sp³-hybridized carbons (Fsp3) is 0.933. The van der Waals surface area contributed by atoms with Gasteiger partial charge >= 0.3 is 6.18 Å². The Labute approximate surface area is 123 Å². The number of amides is 1. The van der Waals surface area contributed by atoms with Crippen molar-refractivity contribution >= 4 is 5.91 Å². The standard InChI is InChI=1S/C15H25F3N2O/c16-15(17,18)12-6-4-5-11(9-12)13(21)20-14(10-19)7-2-1-3-8-14/h11-12H,1-10,19H2,(H,20,21). The zero-order chi connectivity index (χ0) is 15.5. The summed E-state index contributed by atoms with van der Waals surface area (Å²) in [6.07, 6.45) is 1.77. The molecular weight excluding hydrogens is 281 g/mol. The van der Waals surface area contributed by atoms with Crippen molar-refractivity contribution in [3.63, 3.8) is 0 Å². The average Bonchev–Trinajstić information content (AvgIpc) is 2.47. The zero-order valence-electron chi connectivity index (χ0n) is 12.3. The summed E-state index contributed by atoms with van der Waals surface area (Å²) in [4.78, 5) is 12.4. The summed E-state index contributed by atoms with van der Waals surface area (Å²) < 4.78 is 38.5. The third-order valence-corrected chi connectivity index (χ3v) is 5.10. The van der Waals surface area contributed by atoms with Gasteiger partial charge in [-0.15, -0.1) is 0 Å². The smallest absolute Gasteiger partial charge is 0.349 e. The van der Waals surface area contributed by atoms with Gasteiger partial charge < -0.3 is 11.1 Å². The van der Waals surface area contributed by atoms with Crippen LogP contribution in [0, 0.1) is 11.8 Å². The first kappa shape index (κ1) is 16.6. The third kappa shape index (κ3) is 4.11. The molecule has 0 bridgehead atoms. The predicted octanol–water partition coefficient (Wildman–Crippen LogP) is 3.13. The van der Waals surface area contributed by atoms with Crippen LogP contribution in [0.5, 0.6) is 0 Å². The van der Waals surface area contributed by atoms with Gasteiger partial charge in [-0.25, -0.2) is 0 Å². The number of hydrogen-bond donors (Lipinski definition) is 2. The van der Waals surface area contributed by atoms with Crippen LogP contribution in [0.25, 0.3) is 0 Å². The Kier molecular flexibility index (Phi) is 5.17. The van der Waals surface area contributed by atoms with E-state index in [-0.39, 0.29) is 24.3 Å². The average molecular weight is 306 g/mol. The van der Waals surface area contributed by atoms with Crippen LogP contribution >= 0.6 is 0 Å². The van der Waals surface area contributed by atoms with Crippen molar-refractivity contribution in [2.75, 3.05) is 6.54 Å². The van der Waals surface area contributed by atoms with Crippen LogP contribution in [0.3, 0.4) is 0 Å². The van der Waals surface area contributed by atoms with Gasteiger partial charge in [-0.1, -0.05) is 25.7 Å². The van der Waals surface area contributed by atoms with E-state index < -0.39 is 18.0 Å². The summed E-state index contributed by atoms with van der Waals surface area (Å²) in [5.74, 6) is -2.07. The molecule has 122 valence electrons. The number of carbonyl (C=O) groups is 1. The molecule has 21 heavy (non-hydrogen) atoms. The number of nitrogens with two attached hydrogens (primary N) is 1. The van der Waals surface area contributed by atoms with Crippen molar-refractivity contribution in [3.05, 3.63) is 0 Å². The molecule has 2 aliphatic carbocycles. The van der Waals surface area contributed by atoms with E-state index in [9.17, 15) is 18.0 Å². The van der Waals surface area contributed by atoms with Crippen molar-refractivity contribution in [1.29, 1.82) is 0 Å². The molecule has 2 saturated carbocycles. The Balaban J connectivity index is 1.96. The molecule has 0 aromatic carbocycles. The molecule has 3 N–H and O–H groups in total. The molecule has 2 fully saturated rings. The van der Waals surface area contributed by atoms with Crippen LogP contribution < -0.4 is 11.1 Å². The minimum atomic E-state index is -4.19. The molecule has 1 amide bonds. The summed E-state index contributed by atoms with van der Waals surface area (Å²) >= 11 is 0. The van der Waals surface area contributed by atoms with Gasteiger partial charge in [0.25, 0.3) is 0 Å². The first-order valence-corrected chi connectivity index (χ1v) is 7.95. The molecule has 0 aromatic rings. The van der Waals surface area contributed by atoms with Crippen molar-refractivity contribution < 1.29 is 18.0 Å². The predicted molar refractivity (Wildman–Crippen MR) is 74.5 cm³/mol. The van der Waals surface area contributed by atoms with Gasteiger partial charge in [-0.05, 0) is 32.1 Å². The van der Waals surface area contributed by atoms with E-state index in [1.54, 1.807) is 0 Å². The summed E-state index contributed by atoms with van der Waals surface area (Å²) in [7, 11) is 0. The van der Waals surface area contributed by atoms with Gasteiger partial charge in [-0.2, -0.15) is 13.2 Å². The van der Waals surface area contributed by atoms with E-state index in [4.69, 9.17) is 5.73 Å². The summed E-state index contributed by atoms with van der Waals surface area (Å²) in [5, 5.41) is 2.99. The maximum absolute atomic E-state index is 12.8. The highest BCUT2D eigenvalue weighted by molar-refractivity contribution is 5.79. The number of rotatable bonds is 3. The normalized spacial score (nSPS) is 29.9. The van der Waals surface area contributed by atoms with E-state index in [1.807, 2.05) is 0 Å². The lowest BCUT2D eigenvalue weighted by molar-refractivity contribution is -0.186. The van der Waals surface area contributed by atoms with Gasteiger partial charge in [0.15, 0.2) is 0 Å². The van der Waals surface area contributed by atoms with Gasteiger partial charge in [0.2, 0.25) is 5.91 Å². The monoisotopic (exact) mass is 306 g/mol. The van der Waals surface area contributed by atoms with Crippen LogP contribution in [-0.2, 0) is 4.79 Å². The maximum atomic E-state index is 12.8. The number of hydrogen-bond acceptors (Lipinski definition) is 2. The third-order valence-electron chi connectivity index (χ3n) is 5.10. The minimum Gasteiger partial charge on any atom is -0.349 e. The molecule has 6 heteroatoms. The summed E-state index contributed by atoms with van der Waals surface area (Å²) in [6.45, 7) is 0.369. The topological polar surface area (TPSA) is 55.1 Å². The fourth-order valence-corrected chi connectivity index (χ4v) is 3.70. The summed E-state index contributed by atoms with van der Waals surface area (Å²) in [5.41, 5.74) is 5.43. The quantitative estimate of drug-likeness (QED) is 0.841. The van der Waals surface area contributed by atoms with Crippen molar-refractivity contribution in [3.8, 4) is 0 Å². The SMILES string of the molecule is NCC1(NC(=O)C2CCCC(C(F)(F)F)C2)CCCCC1. The molecular formula is C15H25F3N2O. The van der Waals surface area contributed by atoms with Crippen LogP contribution in [0.15, 0.2) is 0 Å². The molecule has 0 aromatic heterocycles. The molecule has 2 aliphatic rings. The molecule has 0 heterocycles. The highest BCUT2D eigenvalue weighted by Crippen LogP contribution is 2.40. The van der Waals surface area contributed by atoms with Gasteiger partial charge in [-0.3, -0.25) is 4.79 Å². The second-order valence-electron chi connectivity index (χ2n) is 6.64. The molecule has 0 spiro atoms. The van der Waals surface area contributed by atoms with Crippen molar-refractivity contribution in [2.24, 2.45) is 17.6 Å². The second-order valence-corrected chi connectivity index (χ2v) is 6.64. The number of halogens is 3. The van der Waals surface area contributed by atoms with E-state index in [2.05, 4.69) is 5.32 Å². The molecule has 2 unspecified atom stereocenters. The number of nitrogens with one attached hydrogen (secondary N) is 1. The van der Waals surface area contributed by atoms with Crippen molar-refractivity contribution in [2.45, 2.75) is 69.5 Å². The number of alkyl halides is 3. The zero-order valence-corrected chi connectivity index (χ0v) is 12.3. The van der Waals surface area contributed by atoms with Gasteiger partial charge in [0.1, 0.15) is 0 Å². The lowest BCUT2D eigenvalue weighted by atomic mass is 9.78. The van der Waals surface area contributed by atoms with E-state index >= 15 is 0 Å². The van der Waals surface area contributed by atoms with Crippen molar-refractivity contribution in [1.82, 2.24) is 5.32 Å². The molecule has 0 radical (unpaired) electrons. The highest BCUT2D eigenvalue weighted by atomic mass is 19.4. The Morgan fingerprint density at radius 2 is 1.81 bits per heavy atom. The van der Waals surface area contributed by atoms with Crippen LogP contribution in [0.4, 0.5) is 13.2 Å². The highest BCUT2D eigenvalue weighted by Gasteiger charge is 2.44. The second kappa shape index (κ2) is 6.55.